The van der Waals surface area contributed by atoms with Crippen LogP contribution >= 0.6 is 34.4 Å². The van der Waals surface area contributed by atoms with Crippen LogP contribution in [0, 0.1) is 15.9 Å². The molecule has 4 rings (SSSR count). The van der Waals surface area contributed by atoms with Gasteiger partial charge in [0.05, 0.1) is 33.4 Å². The standard InChI is InChI=1S/C28H21IN2O5S/c1-3-13-36-25-22(29)14-19(15-23(25)35-2)16-24-26(32)31(17-18-9-11-20(12-10-18)27(33)34)28(37-24)30-21-7-5-4-6-8-21/h1,4-12,14-16H,13,17H2,2H3,(H,33,34)/b24-16-,30-28?. The summed E-state index contributed by atoms with van der Waals surface area (Å²) in [6, 6.07) is 19.5. The number of nitrogens with zero attached hydrogens (tertiary/aromatic N) is 2. The van der Waals surface area contributed by atoms with Crippen molar-refractivity contribution in [2.24, 2.45) is 4.99 Å². The number of carbonyl (C=O) groups is 2. The molecular formula is C28H21IN2O5S. The zero-order valence-corrected chi connectivity index (χ0v) is 22.7. The van der Waals surface area contributed by atoms with Crippen LogP contribution in [0.15, 0.2) is 76.6 Å². The van der Waals surface area contributed by atoms with Gasteiger partial charge in [-0.3, -0.25) is 9.69 Å². The van der Waals surface area contributed by atoms with Crippen molar-refractivity contribution in [2.45, 2.75) is 6.54 Å². The van der Waals surface area contributed by atoms with Gasteiger partial charge in [-0.15, -0.1) is 6.42 Å². The van der Waals surface area contributed by atoms with Crippen LogP contribution in [0.25, 0.3) is 6.08 Å². The maximum atomic E-state index is 13.5. The molecule has 0 radical (unpaired) electrons. The van der Waals surface area contributed by atoms with E-state index < -0.39 is 5.97 Å². The number of rotatable bonds is 8. The molecule has 3 aromatic carbocycles. The molecule has 1 aliphatic rings. The maximum absolute atomic E-state index is 13.5. The molecular weight excluding hydrogens is 603 g/mol. The first-order valence-corrected chi connectivity index (χ1v) is 12.9. The van der Waals surface area contributed by atoms with E-state index >= 15 is 0 Å². The van der Waals surface area contributed by atoms with Crippen molar-refractivity contribution in [3.63, 3.8) is 0 Å². The minimum Gasteiger partial charge on any atom is -0.493 e. The van der Waals surface area contributed by atoms with Gasteiger partial charge in [0.15, 0.2) is 16.7 Å². The molecule has 1 aliphatic heterocycles. The highest BCUT2D eigenvalue weighted by atomic mass is 127. The number of benzene rings is 3. The monoisotopic (exact) mass is 624 g/mol. The third kappa shape index (κ3) is 6.34. The highest BCUT2D eigenvalue weighted by molar-refractivity contribution is 14.1. The summed E-state index contributed by atoms with van der Waals surface area (Å²) in [5.41, 5.74) is 2.45. The van der Waals surface area contributed by atoms with Crippen LogP contribution in [0.5, 0.6) is 11.5 Å². The Morgan fingerprint density at radius 3 is 2.57 bits per heavy atom. The zero-order valence-electron chi connectivity index (χ0n) is 19.7. The number of carboxylic acids is 1. The van der Waals surface area contributed by atoms with Crippen LogP contribution in [0.2, 0.25) is 0 Å². The minimum absolute atomic E-state index is 0.114. The van der Waals surface area contributed by atoms with E-state index in [9.17, 15) is 14.7 Å². The van der Waals surface area contributed by atoms with Gasteiger partial charge in [0.2, 0.25) is 0 Å². The van der Waals surface area contributed by atoms with Crippen molar-refractivity contribution in [3.05, 3.63) is 91.9 Å². The molecule has 37 heavy (non-hydrogen) atoms. The molecule has 0 spiro atoms. The first kappa shape index (κ1) is 26.3. The predicted octanol–water partition coefficient (Wildman–Crippen LogP) is 5.81. The van der Waals surface area contributed by atoms with E-state index in [1.807, 2.05) is 36.4 Å². The van der Waals surface area contributed by atoms with E-state index in [-0.39, 0.29) is 24.6 Å². The number of amides is 1. The first-order valence-electron chi connectivity index (χ1n) is 11.0. The van der Waals surface area contributed by atoms with E-state index in [1.54, 1.807) is 36.3 Å². The number of carboxylic acid groups (broad SMARTS) is 1. The lowest BCUT2D eigenvalue weighted by Gasteiger charge is -2.16. The maximum Gasteiger partial charge on any atom is 0.335 e. The summed E-state index contributed by atoms with van der Waals surface area (Å²) in [6.45, 7) is 0.358. The molecule has 1 saturated heterocycles. The van der Waals surface area contributed by atoms with Crippen molar-refractivity contribution >= 4 is 63.2 Å². The van der Waals surface area contributed by atoms with Crippen LogP contribution in [-0.2, 0) is 11.3 Å². The number of terminal acetylenes is 1. The largest absolute Gasteiger partial charge is 0.493 e. The van der Waals surface area contributed by atoms with Gasteiger partial charge in [0, 0.05) is 0 Å². The quantitative estimate of drug-likeness (QED) is 0.193. The van der Waals surface area contributed by atoms with Crippen molar-refractivity contribution < 1.29 is 24.2 Å². The number of carbonyl (C=O) groups excluding carboxylic acids is 1. The van der Waals surface area contributed by atoms with Crippen LogP contribution in [0.4, 0.5) is 5.69 Å². The molecule has 1 heterocycles. The van der Waals surface area contributed by atoms with Gasteiger partial charge in [-0.1, -0.05) is 36.3 Å². The lowest BCUT2D eigenvalue weighted by atomic mass is 10.1. The fraction of sp³-hybridized carbons (Fsp3) is 0.107. The van der Waals surface area contributed by atoms with E-state index in [0.29, 0.717) is 21.6 Å². The fourth-order valence-electron chi connectivity index (χ4n) is 3.51. The number of aliphatic imine (C=N–C) groups is 1. The summed E-state index contributed by atoms with van der Waals surface area (Å²) < 4.78 is 11.9. The Labute approximate surface area is 232 Å². The van der Waals surface area contributed by atoms with Crippen molar-refractivity contribution in [2.75, 3.05) is 13.7 Å². The lowest BCUT2D eigenvalue weighted by molar-refractivity contribution is -0.122. The molecule has 0 saturated carbocycles. The van der Waals surface area contributed by atoms with Crippen LogP contribution in [0.3, 0.4) is 0 Å². The molecule has 0 unspecified atom stereocenters. The Morgan fingerprint density at radius 2 is 1.92 bits per heavy atom. The third-order valence-corrected chi connectivity index (χ3v) is 7.07. The zero-order chi connectivity index (χ0) is 26.4. The number of hydrogen-bond acceptors (Lipinski definition) is 6. The van der Waals surface area contributed by atoms with Gasteiger partial charge in [-0.2, -0.15) is 0 Å². The highest BCUT2D eigenvalue weighted by Gasteiger charge is 2.33. The molecule has 0 bridgehead atoms. The number of aromatic carboxylic acids is 1. The summed E-state index contributed by atoms with van der Waals surface area (Å²) in [4.78, 5) is 31.5. The molecule has 1 fully saturated rings. The lowest BCUT2D eigenvalue weighted by Crippen LogP contribution is -2.28. The van der Waals surface area contributed by atoms with Gasteiger partial charge >= 0.3 is 5.97 Å². The van der Waals surface area contributed by atoms with Crippen LogP contribution < -0.4 is 9.47 Å². The minimum atomic E-state index is -1.00. The van der Waals surface area contributed by atoms with Gasteiger partial charge in [-0.25, -0.2) is 9.79 Å². The Balaban J connectivity index is 1.69. The second-order valence-corrected chi connectivity index (χ2v) is 9.93. The topological polar surface area (TPSA) is 88.4 Å². The predicted molar refractivity (Wildman–Crippen MR) is 153 cm³/mol. The molecule has 1 N–H and O–H groups in total. The summed E-state index contributed by atoms with van der Waals surface area (Å²) in [7, 11) is 1.54. The number of para-hydroxylation sites is 1. The number of halogens is 1. The van der Waals surface area contributed by atoms with E-state index in [0.717, 1.165) is 20.4 Å². The van der Waals surface area contributed by atoms with Gasteiger partial charge in [0.1, 0.15) is 6.61 Å². The van der Waals surface area contributed by atoms with Crippen molar-refractivity contribution in [3.8, 4) is 23.8 Å². The second kappa shape index (κ2) is 12.0. The molecule has 0 atom stereocenters. The Bertz CT molecular complexity index is 1430. The SMILES string of the molecule is C#CCOc1c(I)cc(/C=C2\SC(=Nc3ccccc3)N(Cc3ccc(C(=O)O)cc3)C2=O)cc1OC. The van der Waals surface area contributed by atoms with Crippen LogP contribution in [0.1, 0.15) is 21.5 Å². The Morgan fingerprint density at radius 1 is 1.19 bits per heavy atom. The normalized spacial score (nSPS) is 15.2. The number of hydrogen-bond donors (Lipinski definition) is 1. The average molecular weight is 624 g/mol. The van der Waals surface area contributed by atoms with E-state index in [4.69, 9.17) is 20.9 Å². The molecule has 0 aromatic heterocycles. The second-order valence-electron chi connectivity index (χ2n) is 7.76. The Kier molecular flexibility index (Phi) is 8.53. The molecule has 0 aliphatic carbocycles. The molecule has 1 amide bonds. The summed E-state index contributed by atoms with van der Waals surface area (Å²) in [6.07, 6.45) is 7.11. The summed E-state index contributed by atoms with van der Waals surface area (Å²) >= 11 is 3.41. The van der Waals surface area contributed by atoms with E-state index in [1.165, 1.54) is 23.9 Å². The smallest absolute Gasteiger partial charge is 0.335 e. The number of ether oxygens (including phenoxy) is 2. The Hall–Kier alpha value is -3.75. The summed E-state index contributed by atoms with van der Waals surface area (Å²) in [5.74, 6) is 2.29. The molecule has 9 heteroatoms. The van der Waals surface area contributed by atoms with Crippen molar-refractivity contribution in [1.29, 1.82) is 0 Å². The average Bonchev–Trinajstić information content (AvgIpc) is 3.17. The number of thioether (sulfide) groups is 1. The van der Waals surface area contributed by atoms with Gasteiger partial charge in [-0.05, 0) is 88.0 Å². The first-order chi connectivity index (χ1) is 17.9. The van der Waals surface area contributed by atoms with Gasteiger partial charge < -0.3 is 14.6 Å². The summed E-state index contributed by atoms with van der Waals surface area (Å²) in [5, 5.41) is 9.71. The third-order valence-electron chi connectivity index (χ3n) is 5.26. The van der Waals surface area contributed by atoms with Crippen molar-refractivity contribution in [1.82, 2.24) is 4.90 Å². The van der Waals surface area contributed by atoms with Crippen LogP contribution in [-0.4, -0.2) is 40.8 Å². The van der Waals surface area contributed by atoms with Gasteiger partial charge in [0.25, 0.3) is 5.91 Å². The fourth-order valence-corrected chi connectivity index (χ4v) is 5.29. The molecule has 3 aromatic rings. The van der Waals surface area contributed by atoms with E-state index in [2.05, 4.69) is 28.5 Å². The number of methoxy groups -OCH3 is 1. The highest BCUT2D eigenvalue weighted by Crippen LogP contribution is 2.38. The number of amidine groups is 1. The molecule has 186 valence electrons. The molecule has 7 nitrogen and oxygen atoms in total.